The summed E-state index contributed by atoms with van der Waals surface area (Å²) in [6, 6.07) is 11.7. The predicted octanol–water partition coefficient (Wildman–Crippen LogP) is 5.70. The SMILES string of the molecule is Cc1cc(NC(=O)c2coc3ccccc23)c(C)cc1CC(=O)N1C[C@@H](N2C[C@@H](C)O[C@@H](C)C2)C[C@H]1COC1CCC(C=O)CC1. The number of anilines is 1. The highest BCUT2D eigenvalue weighted by atomic mass is 16.5. The van der Waals surface area contributed by atoms with Gasteiger partial charge in [-0.15, -0.1) is 0 Å². The van der Waals surface area contributed by atoms with E-state index in [0.29, 0.717) is 24.3 Å². The van der Waals surface area contributed by atoms with Gasteiger partial charge in [0.1, 0.15) is 18.1 Å². The van der Waals surface area contributed by atoms with Crippen LogP contribution in [0.1, 0.15) is 73.0 Å². The van der Waals surface area contributed by atoms with Gasteiger partial charge in [0.05, 0.1) is 42.9 Å². The Bertz CT molecular complexity index is 1550. The molecule has 1 aromatic heterocycles. The zero-order valence-corrected chi connectivity index (χ0v) is 27.5. The Morgan fingerprint density at radius 3 is 2.48 bits per heavy atom. The monoisotopic (exact) mass is 629 g/mol. The normalized spacial score (nSPS) is 27.2. The highest BCUT2D eigenvalue weighted by molar-refractivity contribution is 6.12. The molecular weight excluding hydrogens is 582 g/mol. The number of ether oxygens (including phenoxy) is 2. The fraction of sp³-hybridized carbons (Fsp3) is 0.541. The summed E-state index contributed by atoms with van der Waals surface area (Å²) in [7, 11) is 0. The van der Waals surface area contributed by atoms with Gasteiger partial charge in [0.2, 0.25) is 5.91 Å². The molecule has 9 heteroatoms. The van der Waals surface area contributed by atoms with Crippen LogP contribution in [0.25, 0.3) is 11.0 Å². The Labute approximate surface area is 271 Å². The first-order chi connectivity index (χ1) is 22.2. The number of carbonyl (C=O) groups excluding carboxylic acids is 3. The van der Waals surface area contributed by atoms with Crippen molar-refractivity contribution < 1.29 is 28.3 Å². The van der Waals surface area contributed by atoms with E-state index in [1.165, 1.54) is 6.26 Å². The second kappa shape index (κ2) is 14.1. The number of benzene rings is 2. The number of nitrogens with one attached hydrogen (secondary N) is 1. The standard InChI is InChI=1S/C37H47N3O6/c1-23-14-34(38-37(43)33-22-45-35-8-6-5-7-32(33)35)24(2)13-28(23)15-36(42)40-19-29(39-17-25(3)46-26(4)18-39)16-30(40)21-44-31-11-9-27(20-41)10-12-31/h5-8,13-14,20,22,25-27,29-31H,9-12,15-19,21H2,1-4H3,(H,38,43)/t25-,26+,27?,29-,30-,31?/m0/s1. The Hall–Kier alpha value is -3.53. The van der Waals surface area contributed by atoms with Gasteiger partial charge in [-0.25, -0.2) is 0 Å². The van der Waals surface area contributed by atoms with E-state index in [0.717, 1.165) is 79.2 Å². The second-order valence-corrected chi connectivity index (χ2v) is 13.7. The van der Waals surface area contributed by atoms with Crippen LogP contribution in [0.3, 0.4) is 0 Å². The van der Waals surface area contributed by atoms with Crippen LogP contribution in [0.2, 0.25) is 0 Å². The molecule has 0 spiro atoms. The van der Waals surface area contributed by atoms with Gasteiger partial charge in [0.25, 0.3) is 5.91 Å². The Morgan fingerprint density at radius 2 is 1.74 bits per heavy atom. The lowest BCUT2D eigenvalue weighted by atomic mass is 9.88. The summed E-state index contributed by atoms with van der Waals surface area (Å²) < 4.78 is 18.0. The van der Waals surface area contributed by atoms with Crippen molar-refractivity contribution in [1.82, 2.24) is 9.80 Å². The van der Waals surface area contributed by atoms with E-state index < -0.39 is 0 Å². The lowest BCUT2D eigenvalue weighted by Gasteiger charge is -2.38. The van der Waals surface area contributed by atoms with Crippen molar-refractivity contribution in [2.75, 3.05) is 31.6 Å². The number of aryl methyl sites for hydroxylation is 2. The zero-order valence-electron chi connectivity index (χ0n) is 27.5. The Morgan fingerprint density at radius 1 is 1.00 bits per heavy atom. The van der Waals surface area contributed by atoms with Crippen molar-refractivity contribution in [2.45, 2.75) is 96.6 Å². The third kappa shape index (κ3) is 7.22. The van der Waals surface area contributed by atoms with E-state index in [-0.39, 0.29) is 54.5 Å². The number of likely N-dealkylation sites (tertiary alicyclic amines) is 1. The molecule has 46 heavy (non-hydrogen) atoms. The number of amides is 2. The minimum Gasteiger partial charge on any atom is -0.463 e. The van der Waals surface area contributed by atoms with Crippen molar-refractivity contribution in [3.8, 4) is 0 Å². The molecule has 2 aliphatic heterocycles. The quantitative estimate of drug-likeness (QED) is 0.303. The summed E-state index contributed by atoms with van der Waals surface area (Å²) in [5.41, 5.74) is 4.69. The van der Waals surface area contributed by atoms with Crippen molar-refractivity contribution in [2.24, 2.45) is 5.92 Å². The molecule has 2 amide bonds. The molecule has 6 rings (SSSR count). The molecule has 3 aliphatic rings. The Balaban J connectivity index is 1.14. The molecule has 1 N–H and O–H groups in total. The fourth-order valence-electron chi connectivity index (χ4n) is 7.58. The fourth-order valence-corrected chi connectivity index (χ4v) is 7.58. The summed E-state index contributed by atoms with van der Waals surface area (Å²) in [6.07, 6.45) is 7.74. The molecule has 0 unspecified atom stereocenters. The largest absolute Gasteiger partial charge is 0.463 e. The number of rotatable bonds is 9. The first kappa shape index (κ1) is 32.4. The highest BCUT2D eigenvalue weighted by Gasteiger charge is 2.40. The number of furan rings is 1. The van der Waals surface area contributed by atoms with Crippen molar-refractivity contribution >= 4 is 34.8 Å². The van der Waals surface area contributed by atoms with Crippen LogP contribution in [0.5, 0.6) is 0 Å². The number of para-hydroxylation sites is 1. The molecule has 3 heterocycles. The predicted molar refractivity (Wildman–Crippen MR) is 177 cm³/mol. The topological polar surface area (TPSA) is 101 Å². The van der Waals surface area contributed by atoms with E-state index >= 15 is 0 Å². The minimum absolute atomic E-state index is 0.000464. The number of nitrogens with zero attached hydrogens (tertiary/aromatic N) is 2. The molecule has 0 bridgehead atoms. The minimum atomic E-state index is -0.228. The van der Waals surface area contributed by atoms with Crippen LogP contribution in [0.4, 0.5) is 5.69 Å². The smallest absolute Gasteiger partial charge is 0.259 e. The molecule has 1 saturated carbocycles. The third-order valence-electron chi connectivity index (χ3n) is 10.1. The maximum atomic E-state index is 14.0. The van der Waals surface area contributed by atoms with E-state index in [1.54, 1.807) is 0 Å². The second-order valence-electron chi connectivity index (χ2n) is 13.7. The van der Waals surface area contributed by atoms with Gasteiger partial charge in [0.15, 0.2) is 0 Å². The number of morpholine rings is 1. The first-order valence-corrected chi connectivity index (χ1v) is 16.8. The molecule has 4 atom stereocenters. The number of hydrogen-bond donors (Lipinski definition) is 1. The molecule has 246 valence electrons. The van der Waals surface area contributed by atoms with Gasteiger partial charge in [-0.05, 0) is 88.6 Å². The molecule has 2 saturated heterocycles. The molecule has 1 aliphatic carbocycles. The number of carbonyl (C=O) groups is 3. The van der Waals surface area contributed by atoms with Gasteiger partial charge < -0.3 is 28.9 Å². The van der Waals surface area contributed by atoms with Gasteiger partial charge in [-0.3, -0.25) is 14.5 Å². The highest BCUT2D eigenvalue weighted by Crippen LogP contribution is 2.31. The van der Waals surface area contributed by atoms with Crippen LogP contribution in [-0.2, 0) is 25.5 Å². The summed E-state index contributed by atoms with van der Waals surface area (Å²) >= 11 is 0. The molecule has 3 fully saturated rings. The number of fused-ring (bicyclic) bond motifs is 1. The molecule has 3 aromatic rings. The number of aldehydes is 1. The van der Waals surface area contributed by atoms with Crippen LogP contribution >= 0.6 is 0 Å². The summed E-state index contributed by atoms with van der Waals surface area (Å²) in [5, 5.41) is 3.82. The lowest BCUT2D eigenvalue weighted by molar-refractivity contribution is -0.133. The summed E-state index contributed by atoms with van der Waals surface area (Å²) in [5.74, 6) is 0.0175. The van der Waals surface area contributed by atoms with Gasteiger partial charge in [-0.2, -0.15) is 0 Å². The van der Waals surface area contributed by atoms with Crippen LogP contribution in [0.15, 0.2) is 47.1 Å². The van der Waals surface area contributed by atoms with Crippen molar-refractivity contribution in [1.29, 1.82) is 0 Å². The summed E-state index contributed by atoms with van der Waals surface area (Å²) in [6.45, 7) is 11.1. The van der Waals surface area contributed by atoms with E-state index in [1.807, 2.05) is 55.1 Å². The van der Waals surface area contributed by atoms with Gasteiger partial charge in [-0.1, -0.05) is 24.3 Å². The maximum Gasteiger partial charge on any atom is 0.259 e. The lowest BCUT2D eigenvalue weighted by Crippen LogP contribution is -2.51. The zero-order chi connectivity index (χ0) is 32.4. The van der Waals surface area contributed by atoms with Crippen LogP contribution in [-0.4, -0.2) is 84.5 Å². The molecular formula is C37H47N3O6. The summed E-state index contributed by atoms with van der Waals surface area (Å²) in [4.78, 5) is 42.9. The molecule has 2 aromatic carbocycles. The van der Waals surface area contributed by atoms with Gasteiger partial charge >= 0.3 is 0 Å². The van der Waals surface area contributed by atoms with Crippen LogP contribution < -0.4 is 5.32 Å². The maximum absolute atomic E-state index is 14.0. The van der Waals surface area contributed by atoms with E-state index in [2.05, 4.69) is 24.1 Å². The van der Waals surface area contributed by atoms with E-state index in [9.17, 15) is 14.4 Å². The average Bonchev–Trinajstić information content (AvgIpc) is 3.67. The van der Waals surface area contributed by atoms with Crippen molar-refractivity contribution in [3.05, 3.63) is 64.9 Å². The molecule has 9 nitrogen and oxygen atoms in total. The van der Waals surface area contributed by atoms with Crippen molar-refractivity contribution in [3.63, 3.8) is 0 Å². The van der Waals surface area contributed by atoms with Crippen LogP contribution in [0, 0.1) is 19.8 Å². The third-order valence-corrected chi connectivity index (χ3v) is 10.1. The van der Waals surface area contributed by atoms with E-state index in [4.69, 9.17) is 13.9 Å². The number of hydrogen-bond acceptors (Lipinski definition) is 7. The van der Waals surface area contributed by atoms with Gasteiger partial charge in [0, 0.05) is 42.7 Å². The Kier molecular flexibility index (Phi) is 9.92. The molecule has 0 radical (unpaired) electrons. The average molecular weight is 630 g/mol. The first-order valence-electron chi connectivity index (χ1n) is 16.8.